The first kappa shape index (κ1) is 13.9. The monoisotopic (exact) mass is 271 g/mol. The van der Waals surface area contributed by atoms with E-state index in [1.165, 1.54) is 0 Å². The first-order chi connectivity index (χ1) is 9.65. The van der Waals surface area contributed by atoms with E-state index in [0.717, 1.165) is 11.1 Å². The summed E-state index contributed by atoms with van der Waals surface area (Å²) in [7, 11) is 0. The molecule has 1 atom stereocenters. The van der Waals surface area contributed by atoms with Gasteiger partial charge in [0.15, 0.2) is 0 Å². The summed E-state index contributed by atoms with van der Waals surface area (Å²) in [5.74, 6) is 0. The van der Waals surface area contributed by atoms with Crippen LogP contribution in [0.2, 0.25) is 0 Å². The maximum atomic E-state index is 10.8. The number of hydrogen-bond donors (Lipinski definition) is 3. The number of urea groups is 1. The molecule has 5 N–H and O–H groups in total. The van der Waals surface area contributed by atoms with E-state index in [2.05, 4.69) is 5.48 Å². The predicted molar refractivity (Wildman–Crippen MR) is 77.5 cm³/mol. The van der Waals surface area contributed by atoms with Gasteiger partial charge in [0.2, 0.25) is 0 Å². The van der Waals surface area contributed by atoms with Crippen molar-refractivity contribution in [2.45, 2.75) is 12.5 Å². The molecule has 0 bridgehead atoms. The summed E-state index contributed by atoms with van der Waals surface area (Å²) in [5, 5.41) is 0. The van der Waals surface area contributed by atoms with E-state index in [1.54, 1.807) is 0 Å². The molecular formula is C15H17N3O2. The molecule has 0 aliphatic heterocycles. The fraction of sp³-hybridized carbons (Fsp3) is 0.133. The Kier molecular flexibility index (Phi) is 4.57. The zero-order chi connectivity index (χ0) is 14.4. The highest BCUT2D eigenvalue weighted by molar-refractivity contribution is 5.70. The Morgan fingerprint density at radius 3 is 2.35 bits per heavy atom. The molecule has 0 spiro atoms. The Bertz CT molecular complexity index is 555. The van der Waals surface area contributed by atoms with E-state index in [1.807, 2.05) is 54.6 Å². The van der Waals surface area contributed by atoms with Crippen LogP contribution in [-0.2, 0) is 11.3 Å². The Hall–Kier alpha value is -2.53. The number of nitrogens with two attached hydrogens (primary N) is 2. The molecule has 2 aromatic carbocycles. The van der Waals surface area contributed by atoms with Gasteiger partial charge >= 0.3 is 6.03 Å². The third-order valence-corrected chi connectivity index (χ3v) is 2.87. The zero-order valence-corrected chi connectivity index (χ0v) is 11.0. The molecule has 0 aromatic heterocycles. The minimum absolute atomic E-state index is 0.313. The van der Waals surface area contributed by atoms with Crippen LogP contribution in [-0.4, -0.2) is 6.03 Å². The molecule has 20 heavy (non-hydrogen) atoms. The summed E-state index contributed by atoms with van der Waals surface area (Å²) in [6.07, 6.45) is 0.289. The van der Waals surface area contributed by atoms with Crippen LogP contribution < -0.4 is 16.9 Å². The van der Waals surface area contributed by atoms with Crippen LogP contribution in [0.25, 0.3) is 0 Å². The normalized spacial score (nSPS) is 11.8. The highest BCUT2D eigenvalue weighted by Gasteiger charge is 2.14. The molecule has 5 heteroatoms. The SMILES string of the molecule is NC(=O)NOC(Cc1ccc(N)cc1)c1ccccc1. The van der Waals surface area contributed by atoms with Crippen molar-refractivity contribution in [2.75, 3.05) is 5.73 Å². The summed E-state index contributed by atoms with van der Waals surface area (Å²) in [5.41, 5.74) is 15.6. The van der Waals surface area contributed by atoms with Crippen molar-refractivity contribution in [1.29, 1.82) is 0 Å². The molecule has 5 nitrogen and oxygen atoms in total. The van der Waals surface area contributed by atoms with E-state index in [0.29, 0.717) is 12.1 Å². The first-order valence-electron chi connectivity index (χ1n) is 6.25. The second-order valence-corrected chi connectivity index (χ2v) is 4.43. The Morgan fingerprint density at radius 2 is 1.75 bits per heavy atom. The van der Waals surface area contributed by atoms with Gasteiger partial charge in [-0.15, -0.1) is 0 Å². The van der Waals surface area contributed by atoms with Crippen molar-refractivity contribution >= 4 is 11.7 Å². The molecule has 0 heterocycles. The van der Waals surface area contributed by atoms with Gasteiger partial charge in [0.25, 0.3) is 0 Å². The van der Waals surface area contributed by atoms with Gasteiger partial charge in [-0.05, 0) is 23.3 Å². The number of hydrogen-bond acceptors (Lipinski definition) is 3. The molecule has 1 unspecified atom stereocenters. The van der Waals surface area contributed by atoms with E-state index in [9.17, 15) is 4.79 Å². The van der Waals surface area contributed by atoms with E-state index in [-0.39, 0.29) is 6.10 Å². The first-order valence-corrected chi connectivity index (χ1v) is 6.25. The quantitative estimate of drug-likeness (QED) is 0.575. The molecule has 0 radical (unpaired) electrons. The van der Waals surface area contributed by atoms with Crippen molar-refractivity contribution in [1.82, 2.24) is 5.48 Å². The summed E-state index contributed by atoms with van der Waals surface area (Å²) in [6.45, 7) is 0. The lowest BCUT2D eigenvalue weighted by Gasteiger charge is -2.17. The number of carbonyl (C=O) groups excluding carboxylic acids is 1. The maximum absolute atomic E-state index is 10.8. The fourth-order valence-electron chi connectivity index (χ4n) is 1.89. The number of carbonyl (C=O) groups is 1. The Balaban J connectivity index is 2.13. The minimum Gasteiger partial charge on any atom is -0.399 e. The van der Waals surface area contributed by atoms with Gasteiger partial charge in [-0.3, -0.25) is 4.84 Å². The van der Waals surface area contributed by atoms with E-state index < -0.39 is 6.03 Å². The Labute approximate surface area is 117 Å². The number of nitrogen functional groups attached to an aromatic ring is 1. The highest BCUT2D eigenvalue weighted by Crippen LogP contribution is 2.21. The van der Waals surface area contributed by atoms with Gasteiger partial charge in [0.1, 0.15) is 6.10 Å². The number of hydroxylamine groups is 1. The third kappa shape index (κ3) is 4.00. The Morgan fingerprint density at radius 1 is 1.10 bits per heavy atom. The van der Waals surface area contributed by atoms with E-state index in [4.69, 9.17) is 16.3 Å². The molecule has 0 fully saturated rings. The standard InChI is InChI=1S/C15H17N3O2/c16-13-8-6-11(7-9-13)10-14(20-18-15(17)19)12-4-2-1-3-5-12/h1-9,14H,10,16H2,(H3,17,18,19). The van der Waals surface area contributed by atoms with Crippen LogP contribution in [0.5, 0.6) is 0 Å². The number of amides is 2. The smallest absolute Gasteiger partial charge is 0.336 e. The summed E-state index contributed by atoms with van der Waals surface area (Å²) in [4.78, 5) is 16.2. The second kappa shape index (κ2) is 6.58. The summed E-state index contributed by atoms with van der Waals surface area (Å²) < 4.78 is 0. The van der Waals surface area contributed by atoms with Crippen molar-refractivity contribution < 1.29 is 9.63 Å². The van der Waals surface area contributed by atoms with Gasteiger partial charge in [-0.25, -0.2) is 10.3 Å². The molecule has 104 valence electrons. The number of benzene rings is 2. The van der Waals surface area contributed by atoms with Crippen molar-refractivity contribution in [3.05, 3.63) is 65.7 Å². The molecule has 0 saturated heterocycles. The third-order valence-electron chi connectivity index (χ3n) is 2.87. The lowest BCUT2D eigenvalue weighted by molar-refractivity contribution is -0.00333. The number of rotatable bonds is 5. The van der Waals surface area contributed by atoms with Crippen molar-refractivity contribution in [2.24, 2.45) is 5.73 Å². The maximum Gasteiger partial charge on any atom is 0.336 e. The van der Waals surface area contributed by atoms with Gasteiger partial charge in [-0.1, -0.05) is 42.5 Å². The lowest BCUT2D eigenvalue weighted by Crippen LogP contribution is -2.31. The van der Waals surface area contributed by atoms with Crippen LogP contribution >= 0.6 is 0 Å². The molecule has 0 saturated carbocycles. The summed E-state index contributed by atoms with van der Waals surface area (Å²) in [6, 6.07) is 16.4. The molecule has 2 rings (SSSR count). The molecule has 2 aromatic rings. The number of primary amides is 1. The van der Waals surface area contributed by atoms with E-state index >= 15 is 0 Å². The van der Waals surface area contributed by atoms with Gasteiger partial charge < -0.3 is 11.5 Å². The fourth-order valence-corrected chi connectivity index (χ4v) is 1.89. The zero-order valence-electron chi connectivity index (χ0n) is 11.0. The van der Waals surface area contributed by atoms with Crippen LogP contribution in [0.1, 0.15) is 17.2 Å². The number of anilines is 1. The summed E-state index contributed by atoms with van der Waals surface area (Å²) >= 11 is 0. The van der Waals surface area contributed by atoms with Crippen molar-refractivity contribution in [3.8, 4) is 0 Å². The molecule has 0 aliphatic rings. The topological polar surface area (TPSA) is 90.4 Å². The molecule has 0 aliphatic carbocycles. The highest BCUT2D eigenvalue weighted by atomic mass is 16.7. The average molecular weight is 271 g/mol. The van der Waals surface area contributed by atoms with Gasteiger partial charge in [-0.2, -0.15) is 0 Å². The number of nitrogens with one attached hydrogen (secondary N) is 1. The van der Waals surface area contributed by atoms with Crippen molar-refractivity contribution in [3.63, 3.8) is 0 Å². The van der Waals surface area contributed by atoms with Gasteiger partial charge in [0, 0.05) is 12.1 Å². The largest absolute Gasteiger partial charge is 0.399 e. The van der Waals surface area contributed by atoms with Crippen LogP contribution in [0.15, 0.2) is 54.6 Å². The molecular weight excluding hydrogens is 254 g/mol. The molecule has 2 amide bonds. The van der Waals surface area contributed by atoms with Crippen LogP contribution in [0, 0.1) is 0 Å². The van der Waals surface area contributed by atoms with Crippen LogP contribution in [0.4, 0.5) is 10.5 Å². The second-order valence-electron chi connectivity index (χ2n) is 4.43. The minimum atomic E-state index is -0.719. The lowest BCUT2D eigenvalue weighted by atomic mass is 10.0. The van der Waals surface area contributed by atoms with Crippen LogP contribution in [0.3, 0.4) is 0 Å². The predicted octanol–water partition coefficient (Wildman–Crippen LogP) is 2.15. The average Bonchev–Trinajstić information content (AvgIpc) is 2.46. The van der Waals surface area contributed by atoms with Gasteiger partial charge in [0.05, 0.1) is 0 Å².